The predicted molar refractivity (Wildman–Crippen MR) is 82.8 cm³/mol. The second kappa shape index (κ2) is 6.12. The van der Waals surface area contributed by atoms with Crippen molar-refractivity contribution < 1.29 is 14.7 Å². The number of hydrogen-bond acceptors (Lipinski definition) is 4. The minimum Gasteiger partial charge on any atom is -0.465 e. The van der Waals surface area contributed by atoms with Gasteiger partial charge in [0, 0.05) is 29.9 Å². The summed E-state index contributed by atoms with van der Waals surface area (Å²) in [6.45, 7) is 0. The molecule has 0 aromatic carbocycles. The van der Waals surface area contributed by atoms with Crippen LogP contribution >= 0.6 is 11.6 Å². The molecule has 0 aliphatic carbocycles. The van der Waals surface area contributed by atoms with Crippen LogP contribution in [0.15, 0.2) is 18.3 Å². The van der Waals surface area contributed by atoms with Gasteiger partial charge in [-0.1, -0.05) is 0 Å². The summed E-state index contributed by atoms with van der Waals surface area (Å²) in [5, 5.41) is 11.5. The van der Waals surface area contributed by atoms with E-state index in [1.165, 1.54) is 0 Å². The van der Waals surface area contributed by atoms with Gasteiger partial charge in [-0.05, 0) is 37.8 Å². The Labute approximate surface area is 133 Å². The van der Waals surface area contributed by atoms with E-state index in [-0.39, 0.29) is 17.7 Å². The van der Waals surface area contributed by atoms with Crippen molar-refractivity contribution in [2.24, 2.45) is 0 Å². The molecule has 2 aliphatic heterocycles. The largest absolute Gasteiger partial charge is 0.465 e. The van der Waals surface area contributed by atoms with Crippen LogP contribution in [0, 0.1) is 0 Å². The topological polar surface area (TPSA) is 82.5 Å². The van der Waals surface area contributed by atoms with Crippen LogP contribution < -0.4 is 10.2 Å². The molecular formula is C15H18ClN3O3. The third-order valence-electron chi connectivity index (χ3n) is 4.52. The van der Waals surface area contributed by atoms with Gasteiger partial charge in [0.2, 0.25) is 0 Å². The summed E-state index contributed by atoms with van der Waals surface area (Å²) in [4.78, 5) is 29.0. The fourth-order valence-corrected chi connectivity index (χ4v) is 3.78. The van der Waals surface area contributed by atoms with E-state index < -0.39 is 6.09 Å². The van der Waals surface area contributed by atoms with E-state index in [0.717, 1.165) is 31.5 Å². The van der Waals surface area contributed by atoms with Crippen LogP contribution in [0.2, 0.25) is 0 Å². The number of carbonyl (C=O) groups is 2. The lowest BCUT2D eigenvalue weighted by Crippen LogP contribution is -2.50. The van der Waals surface area contributed by atoms with Crippen molar-refractivity contribution in [2.75, 3.05) is 10.8 Å². The van der Waals surface area contributed by atoms with E-state index in [2.05, 4.69) is 15.2 Å². The lowest BCUT2D eigenvalue weighted by molar-refractivity contribution is 0.102. The third kappa shape index (κ3) is 2.88. The molecule has 0 unspecified atom stereocenters. The highest BCUT2D eigenvalue weighted by Crippen LogP contribution is 2.38. The number of piperidine rings is 1. The van der Waals surface area contributed by atoms with E-state index >= 15 is 0 Å². The fourth-order valence-electron chi connectivity index (χ4n) is 3.62. The number of pyridine rings is 1. The van der Waals surface area contributed by atoms with E-state index in [0.29, 0.717) is 17.6 Å². The number of anilines is 1. The molecule has 2 fully saturated rings. The molecule has 1 aromatic rings. The highest BCUT2D eigenvalue weighted by Gasteiger charge is 2.41. The van der Waals surface area contributed by atoms with Gasteiger partial charge in [-0.25, -0.2) is 9.78 Å². The molecule has 7 heteroatoms. The van der Waals surface area contributed by atoms with Gasteiger partial charge in [0.1, 0.15) is 5.82 Å². The van der Waals surface area contributed by atoms with Crippen molar-refractivity contribution in [3.63, 3.8) is 0 Å². The van der Waals surface area contributed by atoms with Gasteiger partial charge in [0.15, 0.2) is 5.78 Å². The highest BCUT2D eigenvalue weighted by atomic mass is 35.5. The quantitative estimate of drug-likeness (QED) is 0.656. The zero-order valence-electron chi connectivity index (χ0n) is 12.0. The molecule has 2 bridgehead atoms. The first kappa shape index (κ1) is 15.1. The lowest BCUT2D eigenvalue weighted by Gasteiger charge is -2.39. The molecule has 0 spiro atoms. The maximum atomic E-state index is 11.5. The first-order valence-corrected chi connectivity index (χ1v) is 7.95. The van der Waals surface area contributed by atoms with Gasteiger partial charge in [0.25, 0.3) is 0 Å². The SMILES string of the molecule is O=C(O)N[C@H]1C[C@H]2CC[C@@H](C1)N2c1ccc(C(=O)CCl)cn1. The van der Waals surface area contributed by atoms with Crippen LogP contribution in [-0.4, -0.2) is 46.0 Å². The standard InChI is InChI=1S/C15H18ClN3O3/c16-7-13(20)9-1-4-14(17-8-9)19-11-2-3-12(19)6-10(5-11)18-15(21)22/h1,4,8,10-12,18H,2-3,5-7H2,(H,21,22)/t10-,11+,12-. The number of ketones is 1. The molecule has 2 N–H and O–H groups in total. The first-order chi connectivity index (χ1) is 10.6. The first-order valence-electron chi connectivity index (χ1n) is 7.41. The van der Waals surface area contributed by atoms with E-state index in [9.17, 15) is 9.59 Å². The van der Waals surface area contributed by atoms with Gasteiger partial charge in [-0.15, -0.1) is 11.6 Å². The van der Waals surface area contributed by atoms with Crippen LogP contribution in [0.25, 0.3) is 0 Å². The van der Waals surface area contributed by atoms with Crippen molar-refractivity contribution in [3.05, 3.63) is 23.9 Å². The van der Waals surface area contributed by atoms with Crippen LogP contribution in [0.5, 0.6) is 0 Å². The number of fused-ring (bicyclic) bond motifs is 2. The molecule has 0 radical (unpaired) electrons. The number of amides is 1. The van der Waals surface area contributed by atoms with Crippen LogP contribution in [0.3, 0.4) is 0 Å². The number of aromatic nitrogens is 1. The molecule has 118 valence electrons. The Balaban J connectivity index is 1.74. The molecular weight excluding hydrogens is 306 g/mol. The molecule has 1 amide bonds. The molecule has 2 saturated heterocycles. The number of hydrogen-bond donors (Lipinski definition) is 2. The van der Waals surface area contributed by atoms with E-state index in [1.54, 1.807) is 12.3 Å². The third-order valence-corrected chi connectivity index (χ3v) is 4.76. The molecule has 3 atom stereocenters. The second-order valence-electron chi connectivity index (χ2n) is 5.87. The van der Waals surface area contributed by atoms with E-state index in [1.807, 2.05) is 6.07 Å². The number of alkyl halides is 1. The lowest BCUT2D eigenvalue weighted by atomic mass is 9.97. The summed E-state index contributed by atoms with van der Waals surface area (Å²) in [5.41, 5.74) is 0.522. The van der Waals surface area contributed by atoms with Gasteiger partial charge in [0.05, 0.1) is 5.88 Å². The van der Waals surface area contributed by atoms with Gasteiger partial charge in [-0.2, -0.15) is 0 Å². The summed E-state index contributed by atoms with van der Waals surface area (Å²) >= 11 is 5.55. The number of nitrogens with zero attached hydrogens (tertiary/aromatic N) is 2. The minimum atomic E-state index is -0.958. The predicted octanol–water partition coefficient (Wildman–Crippen LogP) is 2.27. The molecule has 22 heavy (non-hydrogen) atoms. The summed E-state index contributed by atoms with van der Waals surface area (Å²) in [6.07, 6.45) is 4.31. The minimum absolute atomic E-state index is 0.0170. The number of rotatable bonds is 4. The molecule has 2 aliphatic rings. The molecule has 3 rings (SSSR count). The summed E-state index contributed by atoms with van der Waals surface area (Å²) < 4.78 is 0. The Morgan fingerprint density at radius 2 is 2.00 bits per heavy atom. The van der Waals surface area contributed by atoms with Crippen LogP contribution in [-0.2, 0) is 0 Å². The van der Waals surface area contributed by atoms with Crippen LogP contribution in [0.1, 0.15) is 36.0 Å². The maximum absolute atomic E-state index is 11.5. The normalized spacial score (nSPS) is 26.8. The molecule has 3 heterocycles. The van der Waals surface area contributed by atoms with Crippen molar-refractivity contribution >= 4 is 29.3 Å². The van der Waals surface area contributed by atoms with Gasteiger partial charge in [-0.3, -0.25) is 4.79 Å². The Kier molecular flexibility index (Phi) is 4.20. The zero-order chi connectivity index (χ0) is 15.7. The Hall–Kier alpha value is -1.82. The number of Topliss-reactive ketones (excluding diaryl/α,β-unsaturated/α-hetero) is 1. The maximum Gasteiger partial charge on any atom is 0.404 e. The smallest absolute Gasteiger partial charge is 0.404 e. The molecule has 0 saturated carbocycles. The summed E-state index contributed by atoms with van der Waals surface area (Å²) in [7, 11) is 0. The highest BCUT2D eigenvalue weighted by molar-refractivity contribution is 6.30. The van der Waals surface area contributed by atoms with E-state index in [4.69, 9.17) is 16.7 Å². The van der Waals surface area contributed by atoms with Gasteiger partial charge < -0.3 is 15.3 Å². The average molecular weight is 324 g/mol. The van der Waals surface area contributed by atoms with Crippen molar-refractivity contribution in [2.45, 2.75) is 43.8 Å². The monoisotopic (exact) mass is 323 g/mol. The number of carboxylic acid groups (broad SMARTS) is 1. The Morgan fingerprint density at radius 3 is 2.50 bits per heavy atom. The Morgan fingerprint density at radius 1 is 1.32 bits per heavy atom. The number of carbonyl (C=O) groups excluding carboxylic acids is 1. The van der Waals surface area contributed by atoms with Crippen molar-refractivity contribution in [3.8, 4) is 0 Å². The Bertz CT molecular complexity index is 564. The molecule has 1 aromatic heterocycles. The van der Waals surface area contributed by atoms with Gasteiger partial charge >= 0.3 is 6.09 Å². The zero-order valence-corrected chi connectivity index (χ0v) is 12.8. The average Bonchev–Trinajstić information content (AvgIpc) is 2.77. The summed E-state index contributed by atoms with van der Waals surface area (Å²) in [5.74, 6) is 0.680. The van der Waals surface area contributed by atoms with Crippen LogP contribution in [0.4, 0.5) is 10.6 Å². The van der Waals surface area contributed by atoms with Crippen molar-refractivity contribution in [1.29, 1.82) is 0 Å². The van der Waals surface area contributed by atoms with Crippen molar-refractivity contribution in [1.82, 2.24) is 10.3 Å². The summed E-state index contributed by atoms with van der Waals surface area (Å²) in [6, 6.07) is 4.24. The fraction of sp³-hybridized carbons (Fsp3) is 0.533. The second-order valence-corrected chi connectivity index (χ2v) is 6.14. The number of halogens is 1. The molecule has 6 nitrogen and oxygen atoms in total. The number of nitrogens with one attached hydrogen (secondary N) is 1.